The van der Waals surface area contributed by atoms with E-state index in [2.05, 4.69) is 87.6 Å². The molecule has 0 radical (unpaired) electrons. The van der Waals surface area contributed by atoms with Gasteiger partial charge in [-0.3, -0.25) is 0 Å². The molecule has 0 aliphatic rings. The van der Waals surface area contributed by atoms with Crippen LogP contribution in [0.1, 0.15) is 33.3 Å². The summed E-state index contributed by atoms with van der Waals surface area (Å²) in [5, 5.41) is 0.224. The predicted octanol–water partition coefficient (Wildman–Crippen LogP) is 6.05. The van der Waals surface area contributed by atoms with Crippen LogP contribution in [0.2, 0.25) is 18.1 Å². The summed E-state index contributed by atoms with van der Waals surface area (Å²) in [5.41, 5.74) is 1.27. The molecule has 0 heterocycles. The first kappa shape index (κ1) is 18.3. The summed E-state index contributed by atoms with van der Waals surface area (Å²) in [5.74, 6) is 0.978. The van der Waals surface area contributed by atoms with Crippen molar-refractivity contribution >= 4 is 42.5 Å². The van der Waals surface area contributed by atoms with E-state index in [4.69, 9.17) is 16.0 Å². The molecule has 0 aliphatic carbocycles. The Morgan fingerprint density at radius 2 is 1.60 bits per heavy atom. The van der Waals surface area contributed by atoms with Gasteiger partial charge in [-0.25, -0.2) is 0 Å². The van der Waals surface area contributed by atoms with Crippen molar-refractivity contribution in [2.45, 2.75) is 57.1 Å². The molecule has 0 saturated heterocycles. The number of halogens is 2. The molecule has 1 rings (SSSR count). The minimum absolute atomic E-state index is 0.164. The first-order valence-corrected chi connectivity index (χ1v) is 11.8. The molecular formula is C16H26ClIOSi. The van der Waals surface area contributed by atoms with Gasteiger partial charge in [0.05, 0.1) is 4.87 Å². The van der Waals surface area contributed by atoms with E-state index in [0.717, 1.165) is 16.6 Å². The highest BCUT2D eigenvalue weighted by molar-refractivity contribution is 14.1. The second-order valence-electron chi connectivity index (χ2n) is 7.23. The molecule has 0 saturated carbocycles. The summed E-state index contributed by atoms with van der Waals surface area (Å²) in [6.45, 7) is 13.4. The van der Waals surface area contributed by atoms with Crippen molar-refractivity contribution in [1.82, 2.24) is 0 Å². The molecule has 1 aromatic carbocycles. The van der Waals surface area contributed by atoms with E-state index in [0.29, 0.717) is 0 Å². The molecule has 0 amide bonds. The van der Waals surface area contributed by atoms with Crippen LogP contribution in [0.5, 0.6) is 5.75 Å². The van der Waals surface area contributed by atoms with Gasteiger partial charge < -0.3 is 4.43 Å². The first-order valence-electron chi connectivity index (χ1n) is 7.00. The summed E-state index contributed by atoms with van der Waals surface area (Å²) < 4.78 is 7.22. The first-order chi connectivity index (χ1) is 8.97. The van der Waals surface area contributed by atoms with Gasteiger partial charge >= 0.3 is 0 Å². The van der Waals surface area contributed by atoms with Gasteiger partial charge in [-0.05, 0) is 49.2 Å². The Morgan fingerprint density at radius 1 is 1.10 bits per heavy atom. The lowest BCUT2D eigenvalue weighted by atomic mass is 10.0. The van der Waals surface area contributed by atoms with Crippen LogP contribution in [0.25, 0.3) is 0 Å². The molecule has 1 aromatic rings. The largest absolute Gasteiger partial charge is 0.544 e. The van der Waals surface area contributed by atoms with Gasteiger partial charge in [0, 0.05) is 4.43 Å². The molecule has 1 unspecified atom stereocenters. The zero-order valence-corrected chi connectivity index (χ0v) is 17.3. The fourth-order valence-corrected chi connectivity index (χ4v) is 3.05. The number of rotatable bonds is 5. The van der Waals surface area contributed by atoms with Crippen LogP contribution in [0, 0.1) is 0 Å². The average molecular weight is 425 g/mol. The van der Waals surface area contributed by atoms with Gasteiger partial charge in [0.2, 0.25) is 8.32 Å². The van der Waals surface area contributed by atoms with Gasteiger partial charge in [0.1, 0.15) is 5.75 Å². The third-order valence-electron chi connectivity index (χ3n) is 3.95. The van der Waals surface area contributed by atoms with Crippen molar-refractivity contribution in [1.29, 1.82) is 0 Å². The standard InChI is InChI=1S/C16H26ClIOSi/c1-15(2,3)20(5,6)19-14-9-7-13(8-10-14)11-16(4,17)12-18/h7-10H,11-12H2,1-6H3. The lowest BCUT2D eigenvalue weighted by Gasteiger charge is -2.36. The summed E-state index contributed by atoms with van der Waals surface area (Å²) >= 11 is 8.77. The van der Waals surface area contributed by atoms with E-state index in [9.17, 15) is 0 Å². The van der Waals surface area contributed by atoms with Crippen LogP contribution in [0.4, 0.5) is 0 Å². The molecule has 0 fully saturated rings. The van der Waals surface area contributed by atoms with Crippen molar-refractivity contribution in [3.63, 3.8) is 0 Å². The second-order valence-corrected chi connectivity index (χ2v) is 13.6. The summed E-state index contributed by atoms with van der Waals surface area (Å²) in [7, 11) is -1.74. The van der Waals surface area contributed by atoms with Gasteiger partial charge in [-0.15, -0.1) is 11.6 Å². The van der Waals surface area contributed by atoms with E-state index in [1.807, 2.05) is 0 Å². The summed E-state index contributed by atoms with van der Waals surface area (Å²) in [6, 6.07) is 8.43. The highest BCUT2D eigenvalue weighted by atomic mass is 127. The van der Waals surface area contributed by atoms with Gasteiger partial charge in [-0.1, -0.05) is 55.5 Å². The highest BCUT2D eigenvalue weighted by Crippen LogP contribution is 2.37. The minimum atomic E-state index is -1.74. The Kier molecular flexibility index (Phi) is 6.01. The van der Waals surface area contributed by atoms with Crippen LogP contribution in [0.3, 0.4) is 0 Å². The molecular weight excluding hydrogens is 399 g/mol. The van der Waals surface area contributed by atoms with Gasteiger partial charge in [0.15, 0.2) is 0 Å². The maximum Gasteiger partial charge on any atom is 0.250 e. The Hall–Kier alpha value is 0.257. The van der Waals surface area contributed by atoms with E-state index < -0.39 is 8.32 Å². The average Bonchev–Trinajstić information content (AvgIpc) is 2.29. The minimum Gasteiger partial charge on any atom is -0.544 e. The van der Waals surface area contributed by atoms with Crippen molar-refractivity contribution in [3.8, 4) is 5.75 Å². The topological polar surface area (TPSA) is 9.23 Å². The second kappa shape index (κ2) is 6.57. The molecule has 0 bridgehead atoms. The molecule has 0 aliphatic heterocycles. The van der Waals surface area contributed by atoms with Crippen LogP contribution in [0.15, 0.2) is 24.3 Å². The van der Waals surface area contributed by atoms with Crippen molar-refractivity contribution in [2.24, 2.45) is 0 Å². The van der Waals surface area contributed by atoms with Gasteiger partial charge in [0.25, 0.3) is 0 Å². The quantitative estimate of drug-likeness (QED) is 0.318. The molecule has 0 N–H and O–H groups in total. The molecule has 0 aromatic heterocycles. The van der Waals surface area contributed by atoms with E-state index >= 15 is 0 Å². The highest BCUT2D eigenvalue weighted by Gasteiger charge is 2.38. The molecule has 4 heteroatoms. The SMILES string of the molecule is CC(Cl)(CI)Cc1ccc(O[Si](C)(C)C(C)(C)C)cc1. The molecule has 20 heavy (non-hydrogen) atoms. The van der Waals surface area contributed by atoms with Crippen LogP contribution in [-0.2, 0) is 6.42 Å². The van der Waals surface area contributed by atoms with E-state index in [-0.39, 0.29) is 9.91 Å². The summed E-state index contributed by atoms with van der Waals surface area (Å²) in [6.07, 6.45) is 0.887. The third kappa shape index (κ3) is 5.23. The Labute approximate surface area is 143 Å². The van der Waals surface area contributed by atoms with Gasteiger partial charge in [-0.2, -0.15) is 0 Å². The number of alkyl halides is 2. The fourth-order valence-electron chi connectivity index (χ4n) is 1.60. The zero-order chi connectivity index (χ0) is 15.6. The van der Waals surface area contributed by atoms with Crippen LogP contribution in [-0.4, -0.2) is 17.6 Å². The van der Waals surface area contributed by atoms with E-state index in [1.54, 1.807) is 0 Å². The molecule has 1 nitrogen and oxygen atoms in total. The smallest absolute Gasteiger partial charge is 0.250 e. The maximum atomic E-state index is 6.43. The molecule has 1 atom stereocenters. The zero-order valence-electron chi connectivity index (χ0n) is 13.4. The Bertz CT molecular complexity index is 435. The maximum absolute atomic E-state index is 6.43. The Morgan fingerprint density at radius 3 is 2.00 bits per heavy atom. The van der Waals surface area contributed by atoms with Crippen LogP contribution < -0.4 is 4.43 Å². The molecule has 0 spiro atoms. The lowest BCUT2D eigenvalue weighted by molar-refractivity contribution is 0.492. The number of hydrogen-bond acceptors (Lipinski definition) is 1. The normalized spacial score (nSPS) is 15.8. The number of benzene rings is 1. The fraction of sp³-hybridized carbons (Fsp3) is 0.625. The third-order valence-corrected chi connectivity index (χ3v) is 10.7. The monoisotopic (exact) mass is 424 g/mol. The van der Waals surface area contributed by atoms with Crippen molar-refractivity contribution in [2.75, 3.05) is 4.43 Å². The lowest BCUT2D eigenvalue weighted by Crippen LogP contribution is -2.43. The van der Waals surface area contributed by atoms with Crippen LogP contribution >= 0.6 is 34.2 Å². The van der Waals surface area contributed by atoms with E-state index in [1.165, 1.54) is 5.56 Å². The van der Waals surface area contributed by atoms with Crippen molar-refractivity contribution in [3.05, 3.63) is 29.8 Å². The number of hydrogen-bond donors (Lipinski definition) is 0. The molecule has 114 valence electrons. The summed E-state index contributed by atoms with van der Waals surface area (Å²) in [4.78, 5) is -0.164. The van der Waals surface area contributed by atoms with Crippen molar-refractivity contribution < 1.29 is 4.43 Å². The predicted molar refractivity (Wildman–Crippen MR) is 101 cm³/mol. The Balaban J connectivity index is 2.78.